The lowest BCUT2D eigenvalue weighted by atomic mass is 10.1. The van der Waals surface area contributed by atoms with E-state index < -0.39 is 0 Å². The van der Waals surface area contributed by atoms with Gasteiger partial charge in [0.2, 0.25) is 5.88 Å². The zero-order chi connectivity index (χ0) is 18.4. The van der Waals surface area contributed by atoms with Crippen molar-refractivity contribution in [2.24, 2.45) is 0 Å². The molecule has 1 N–H and O–H groups in total. The van der Waals surface area contributed by atoms with Crippen LogP contribution >= 0.6 is 0 Å². The van der Waals surface area contributed by atoms with Crippen LogP contribution in [0.3, 0.4) is 0 Å². The SMILES string of the molecule is COCCOc1ccc(NC(=O)c2ccc(-n3cnnn3)c(C)c2)cn1. The summed E-state index contributed by atoms with van der Waals surface area (Å²) in [6.45, 7) is 2.80. The number of anilines is 1. The Morgan fingerprint density at radius 2 is 2.12 bits per heavy atom. The molecule has 26 heavy (non-hydrogen) atoms. The minimum absolute atomic E-state index is 0.230. The number of rotatable bonds is 7. The first-order chi connectivity index (χ1) is 12.7. The fraction of sp³-hybridized carbons (Fsp3) is 0.235. The number of aryl methyl sites for hydroxylation is 1. The van der Waals surface area contributed by atoms with Gasteiger partial charge in [0.15, 0.2) is 0 Å². The van der Waals surface area contributed by atoms with Gasteiger partial charge >= 0.3 is 0 Å². The van der Waals surface area contributed by atoms with Crippen LogP contribution in [0.15, 0.2) is 42.9 Å². The van der Waals surface area contributed by atoms with Gasteiger partial charge in [0.1, 0.15) is 12.9 Å². The summed E-state index contributed by atoms with van der Waals surface area (Å²) in [5.41, 5.74) is 2.80. The molecule has 0 fully saturated rings. The smallest absolute Gasteiger partial charge is 0.255 e. The summed E-state index contributed by atoms with van der Waals surface area (Å²) in [7, 11) is 1.60. The number of carbonyl (C=O) groups is 1. The maximum atomic E-state index is 12.4. The summed E-state index contributed by atoms with van der Waals surface area (Å²) in [4.78, 5) is 16.6. The number of benzene rings is 1. The van der Waals surface area contributed by atoms with Gasteiger partial charge in [-0.15, -0.1) is 5.10 Å². The number of hydrogen-bond donors (Lipinski definition) is 1. The third-order valence-corrected chi connectivity index (χ3v) is 3.59. The van der Waals surface area contributed by atoms with Crippen LogP contribution in [0, 0.1) is 6.92 Å². The van der Waals surface area contributed by atoms with Crippen LogP contribution in [0.25, 0.3) is 5.69 Å². The average Bonchev–Trinajstić information content (AvgIpc) is 3.17. The highest BCUT2D eigenvalue weighted by Crippen LogP contribution is 2.17. The zero-order valence-corrected chi connectivity index (χ0v) is 14.4. The van der Waals surface area contributed by atoms with Crippen molar-refractivity contribution in [2.45, 2.75) is 6.92 Å². The van der Waals surface area contributed by atoms with Crippen molar-refractivity contribution < 1.29 is 14.3 Å². The molecule has 0 unspecified atom stereocenters. The number of aromatic nitrogens is 5. The van der Waals surface area contributed by atoms with E-state index in [0.717, 1.165) is 11.3 Å². The average molecular weight is 354 g/mol. The van der Waals surface area contributed by atoms with Gasteiger partial charge in [-0.05, 0) is 47.2 Å². The standard InChI is InChI=1S/C17H18N6O3/c1-12-9-13(3-5-15(12)23-11-19-21-22-23)17(24)20-14-4-6-16(18-10-14)26-8-7-25-2/h3-6,9-11H,7-8H2,1-2H3,(H,20,24). The Kier molecular flexibility index (Phi) is 5.49. The minimum atomic E-state index is -0.230. The van der Waals surface area contributed by atoms with Gasteiger partial charge in [-0.25, -0.2) is 9.67 Å². The first-order valence-electron chi connectivity index (χ1n) is 7.90. The predicted octanol–water partition coefficient (Wildman–Crippen LogP) is 1.64. The van der Waals surface area contributed by atoms with E-state index in [1.54, 1.807) is 48.3 Å². The number of ether oxygens (including phenoxy) is 2. The highest BCUT2D eigenvalue weighted by atomic mass is 16.5. The fourth-order valence-electron chi connectivity index (χ4n) is 2.30. The van der Waals surface area contributed by atoms with E-state index in [1.165, 1.54) is 6.33 Å². The molecule has 0 aliphatic heterocycles. The number of amides is 1. The van der Waals surface area contributed by atoms with E-state index in [2.05, 4.69) is 25.8 Å². The number of tetrazole rings is 1. The molecule has 0 bridgehead atoms. The van der Waals surface area contributed by atoms with Gasteiger partial charge < -0.3 is 14.8 Å². The number of nitrogens with one attached hydrogen (secondary N) is 1. The summed E-state index contributed by atoms with van der Waals surface area (Å²) in [6.07, 6.45) is 3.05. The monoisotopic (exact) mass is 354 g/mol. The van der Waals surface area contributed by atoms with Crippen LogP contribution < -0.4 is 10.1 Å². The lowest BCUT2D eigenvalue weighted by Crippen LogP contribution is -2.13. The molecule has 0 spiro atoms. The van der Waals surface area contributed by atoms with Crippen molar-refractivity contribution in [3.63, 3.8) is 0 Å². The summed E-state index contributed by atoms with van der Waals surface area (Å²) in [6, 6.07) is 8.72. The topological polar surface area (TPSA) is 104 Å². The molecule has 0 atom stereocenters. The van der Waals surface area contributed by atoms with Crippen molar-refractivity contribution in [1.29, 1.82) is 0 Å². The Labute approximate surface area is 150 Å². The van der Waals surface area contributed by atoms with Crippen molar-refractivity contribution in [3.8, 4) is 11.6 Å². The van der Waals surface area contributed by atoms with Crippen molar-refractivity contribution in [2.75, 3.05) is 25.6 Å². The molecule has 0 radical (unpaired) electrons. The van der Waals surface area contributed by atoms with Gasteiger partial charge in [-0.3, -0.25) is 4.79 Å². The Morgan fingerprint density at radius 1 is 1.23 bits per heavy atom. The molecule has 1 aromatic carbocycles. The van der Waals surface area contributed by atoms with Crippen LogP contribution in [0.5, 0.6) is 5.88 Å². The molecule has 2 aromatic heterocycles. The van der Waals surface area contributed by atoms with E-state index >= 15 is 0 Å². The molecule has 134 valence electrons. The van der Waals surface area contributed by atoms with E-state index in [4.69, 9.17) is 9.47 Å². The second-order valence-electron chi connectivity index (χ2n) is 5.44. The van der Waals surface area contributed by atoms with Crippen molar-refractivity contribution in [1.82, 2.24) is 25.2 Å². The molecule has 3 rings (SSSR count). The molecular formula is C17H18N6O3. The van der Waals surface area contributed by atoms with E-state index in [9.17, 15) is 4.79 Å². The van der Waals surface area contributed by atoms with Crippen LogP contribution in [0.2, 0.25) is 0 Å². The normalized spacial score (nSPS) is 10.5. The molecule has 2 heterocycles. The lowest BCUT2D eigenvalue weighted by Gasteiger charge is -2.09. The lowest BCUT2D eigenvalue weighted by molar-refractivity contribution is 0.102. The van der Waals surface area contributed by atoms with Crippen LogP contribution in [-0.4, -0.2) is 51.4 Å². The number of pyridine rings is 1. The second kappa shape index (κ2) is 8.17. The van der Waals surface area contributed by atoms with Crippen LogP contribution in [-0.2, 0) is 4.74 Å². The number of methoxy groups -OCH3 is 1. The highest BCUT2D eigenvalue weighted by molar-refractivity contribution is 6.04. The third kappa shape index (κ3) is 4.19. The van der Waals surface area contributed by atoms with Gasteiger partial charge in [0.05, 0.1) is 24.2 Å². The van der Waals surface area contributed by atoms with E-state index in [0.29, 0.717) is 30.3 Å². The first kappa shape index (κ1) is 17.5. The quantitative estimate of drug-likeness (QED) is 0.643. The maximum absolute atomic E-state index is 12.4. The predicted molar refractivity (Wildman–Crippen MR) is 93.5 cm³/mol. The molecule has 3 aromatic rings. The summed E-state index contributed by atoms with van der Waals surface area (Å²) < 4.78 is 11.8. The molecule has 0 aliphatic rings. The Morgan fingerprint density at radius 3 is 2.77 bits per heavy atom. The largest absolute Gasteiger partial charge is 0.475 e. The van der Waals surface area contributed by atoms with Gasteiger partial charge in [0.25, 0.3) is 5.91 Å². The van der Waals surface area contributed by atoms with Crippen LogP contribution in [0.4, 0.5) is 5.69 Å². The summed E-state index contributed by atoms with van der Waals surface area (Å²) >= 11 is 0. The number of nitrogens with zero attached hydrogens (tertiary/aromatic N) is 5. The molecule has 1 amide bonds. The molecule has 0 saturated carbocycles. The fourth-order valence-corrected chi connectivity index (χ4v) is 2.30. The van der Waals surface area contributed by atoms with Crippen molar-refractivity contribution >= 4 is 11.6 Å². The summed E-state index contributed by atoms with van der Waals surface area (Å²) in [5, 5.41) is 13.9. The van der Waals surface area contributed by atoms with Gasteiger partial charge in [-0.1, -0.05) is 0 Å². The highest BCUT2D eigenvalue weighted by Gasteiger charge is 2.10. The van der Waals surface area contributed by atoms with E-state index in [-0.39, 0.29) is 5.91 Å². The summed E-state index contributed by atoms with van der Waals surface area (Å²) in [5.74, 6) is 0.243. The zero-order valence-electron chi connectivity index (χ0n) is 14.4. The molecule has 0 saturated heterocycles. The minimum Gasteiger partial charge on any atom is -0.475 e. The maximum Gasteiger partial charge on any atom is 0.255 e. The third-order valence-electron chi connectivity index (χ3n) is 3.59. The molecule has 9 heteroatoms. The van der Waals surface area contributed by atoms with E-state index in [1.807, 2.05) is 6.92 Å². The molecule has 0 aliphatic carbocycles. The van der Waals surface area contributed by atoms with Gasteiger partial charge in [-0.2, -0.15) is 0 Å². The molecule has 9 nitrogen and oxygen atoms in total. The van der Waals surface area contributed by atoms with Crippen molar-refractivity contribution in [3.05, 3.63) is 54.0 Å². The van der Waals surface area contributed by atoms with Gasteiger partial charge in [0, 0.05) is 18.7 Å². The second-order valence-corrected chi connectivity index (χ2v) is 5.44. The first-order valence-corrected chi connectivity index (χ1v) is 7.90. The molecular weight excluding hydrogens is 336 g/mol. The van der Waals surface area contributed by atoms with Crippen LogP contribution in [0.1, 0.15) is 15.9 Å². The Hall–Kier alpha value is -3.33. The number of hydrogen-bond acceptors (Lipinski definition) is 7. The number of carbonyl (C=O) groups excluding carboxylic acids is 1. The Balaban J connectivity index is 1.65. The Bertz CT molecular complexity index is 865.